The van der Waals surface area contributed by atoms with Crippen molar-refractivity contribution in [3.63, 3.8) is 0 Å². The monoisotopic (exact) mass is 198 g/mol. The molecule has 0 aromatic rings. The number of aliphatic hydroxyl groups is 1. The summed E-state index contributed by atoms with van der Waals surface area (Å²) in [4.78, 5) is 11.6. The first-order chi connectivity index (χ1) is 6.61. The van der Waals surface area contributed by atoms with Crippen LogP contribution in [0.1, 0.15) is 52.4 Å². The fourth-order valence-corrected chi connectivity index (χ4v) is 2.17. The first kappa shape index (κ1) is 11.7. The standard InChI is InChI=1S/C12H22O2/c1-9(2)12(14)11(13)8-10-6-4-3-5-7-10/h9-10,12,14H,3-8H2,1-2H3. The van der Waals surface area contributed by atoms with Crippen LogP contribution in [0.4, 0.5) is 0 Å². The van der Waals surface area contributed by atoms with Crippen molar-refractivity contribution < 1.29 is 9.90 Å². The van der Waals surface area contributed by atoms with Gasteiger partial charge in [0.1, 0.15) is 6.10 Å². The molecule has 1 fully saturated rings. The fourth-order valence-electron chi connectivity index (χ4n) is 2.17. The van der Waals surface area contributed by atoms with Crippen LogP contribution in [0.2, 0.25) is 0 Å². The number of aliphatic hydroxyl groups excluding tert-OH is 1. The molecule has 0 aromatic carbocycles. The van der Waals surface area contributed by atoms with Gasteiger partial charge in [-0.1, -0.05) is 46.0 Å². The van der Waals surface area contributed by atoms with Crippen molar-refractivity contribution in [2.24, 2.45) is 11.8 Å². The number of hydrogen-bond acceptors (Lipinski definition) is 2. The van der Waals surface area contributed by atoms with E-state index in [1.807, 2.05) is 13.8 Å². The lowest BCUT2D eigenvalue weighted by molar-refractivity contribution is -0.130. The molecule has 1 aliphatic rings. The van der Waals surface area contributed by atoms with Gasteiger partial charge in [0.2, 0.25) is 0 Å². The van der Waals surface area contributed by atoms with E-state index in [4.69, 9.17) is 0 Å². The molecule has 0 spiro atoms. The van der Waals surface area contributed by atoms with E-state index in [9.17, 15) is 9.90 Å². The summed E-state index contributed by atoms with van der Waals surface area (Å²) in [5.74, 6) is 0.655. The minimum atomic E-state index is -0.739. The van der Waals surface area contributed by atoms with Crippen molar-refractivity contribution in [3.05, 3.63) is 0 Å². The molecule has 1 rings (SSSR count). The van der Waals surface area contributed by atoms with Gasteiger partial charge in [0, 0.05) is 6.42 Å². The van der Waals surface area contributed by atoms with Crippen LogP contribution < -0.4 is 0 Å². The minimum absolute atomic E-state index is 0.0481. The summed E-state index contributed by atoms with van der Waals surface area (Å²) in [6.45, 7) is 3.78. The van der Waals surface area contributed by atoms with Crippen LogP contribution in [-0.2, 0) is 4.79 Å². The smallest absolute Gasteiger partial charge is 0.161 e. The minimum Gasteiger partial charge on any atom is -0.385 e. The first-order valence-electron chi connectivity index (χ1n) is 5.82. The number of rotatable bonds is 4. The fraction of sp³-hybridized carbons (Fsp3) is 0.917. The summed E-state index contributed by atoms with van der Waals surface area (Å²) >= 11 is 0. The van der Waals surface area contributed by atoms with Crippen molar-refractivity contribution in [3.8, 4) is 0 Å². The number of carbonyl (C=O) groups is 1. The maximum Gasteiger partial charge on any atom is 0.161 e. The van der Waals surface area contributed by atoms with Crippen molar-refractivity contribution >= 4 is 5.78 Å². The highest BCUT2D eigenvalue weighted by Gasteiger charge is 2.23. The lowest BCUT2D eigenvalue weighted by atomic mass is 9.84. The predicted octanol–water partition coefficient (Wildman–Crippen LogP) is 2.54. The van der Waals surface area contributed by atoms with E-state index < -0.39 is 6.10 Å². The zero-order valence-electron chi connectivity index (χ0n) is 9.33. The van der Waals surface area contributed by atoms with Crippen molar-refractivity contribution in [1.82, 2.24) is 0 Å². The van der Waals surface area contributed by atoms with Gasteiger partial charge in [-0.3, -0.25) is 4.79 Å². The Hall–Kier alpha value is -0.370. The molecular weight excluding hydrogens is 176 g/mol. The molecule has 1 saturated carbocycles. The second kappa shape index (κ2) is 5.50. The normalized spacial score (nSPS) is 21.1. The first-order valence-corrected chi connectivity index (χ1v) is 5.82. The highest BCUT2D eigenvalue weighted by Crippen LogP contribution is 2.27. The molecule has 0 aliphatic heterocycles. The maximum absolute atomic E-state index is 11.6. The summed E-state index contributed by atoms with van der Waals surface area (Å²) in [7, 11) is 0. The third-order valence-corrected chi connectivity index (χ3v) is 3.18. The summed E-state index contributed by atoms with van der Waals surface area (Å²) in [5, 5.41) is 9.58. The van der Waals surface area contributed by atoms with E-state index in [1.165, 1.54) is 32.1 Å². The Bertz CT molecular complexity index is 181. The average molecular weight is 198 g/mol. The van der Waals surface area contributed by atoms with Gasteiger partial charge in [-0.25, -0.2) is 0 Å². The van der Waals surface area contributed by atoms with Crippen LogP contribution in [-0.4, -0.2) is 17.0 Å². The number of Topliss-reactive ketones (excluding diaryl/α,β-unsaturated/α-hetero) is 1. The zero-order valence-corrected chi connectivity index (χ0v) is 9.33. The van der Waals surface area contributed by atoms with Gasteiger partial charge >= 0.3 is 0 Å². The Kier molecular flexibility index (Phi) is 4.59. The van der Waals surface area contributed by atoms with Crippen LogP contribution in [0.15, 0.2) is 0 Å². The van der Waals surface area contributed by atoms with Crippen molar-refractivity contribution in [2.45, 2.75) is 58.5 Å². The third-order valence-electron chi connectivity index (χ3n) is 3.18. The van der Waals surface area contributed by atoms with Gasteiger partial charge in [0.05, 0.1) is 0 Å². The van der Waals surface area contributed by atoms with Crippen LogP contribution >= 0.6 is 0 Å². The molecule has 2 heteroatoms. The molecule has 0 radical (unpaired) electrons. The van der Waals surface area contributed by atoms with Gasteiger partial charge < -0.3 is 5.11 Å². The summed E-state index contributed by atoms with van der Waals surface area (Å²) < 4.78 is 0. The van der Waals surface area contributed by atoms with Crippen LogP contribution in [0.25, 0.3) is 0 Å². The Labute approximate surface area is 86.7 Å². The molecule has 0 amide bonds. The van der Waals surface area contributed by atoms with Crippen LogP contribution in [0.5, 0.6) is 0 Å². The van der Waals surface area contributed by atoms with E-state index >= 15 is 0 Å². The van der Waals surface area contributed by atoms with E-state index in [2.05, 4.69) is 0 Å². The average Bonchev–Trinajstić information content (AvgIpc) is 2.18. The molecule has 1 atom stereocenters. The summed E-state index contributed by atoms with van der Waals surface area (Å²) in [6, 6.07) is 0. The molecule has 0 bridgehead atoms. The largest absolute Gasteiger partial charge is 0.385 e. The molecular formula is C12H22O2. The molecule has 14 heavy (non-hydrogen) atoms. The molecule has 0 heterocycles. The second-order valence-corrected chi connectivity index (χ2v) is 4.86. The van der Waals surface area contributed by atoms with Crippen LogP contribution in [0.3, 0.4) is 0 Å². The SMILES string of the molecule is CC(C)C(O)C(=O)CC1CCCCC1. The van der Waals surface area contributed by atoms with E-state index in [0.717, 1.165) is 0 Å². The Morgan fingerprint density at radius 2 is 1.86 bits per heavy atom. The molecule has 1 unspecified atom stereocenters. The van der Waals surface area contributed by atoms with Crippen molar-refractivity contribution in [1.29, 1.82) is 0 Å². The van der Waals surface area contributed by atoms with E-state index in [-0.39, 0.29) is 11.7 Å². The zero-order chi connectivity index (χ0) is 10.6. The van der Waals surface area contributed by atoms with Crippen molar-refractivity contribution in [2.75, 3.05) is 0 Å². The molecule has 0 saturated heterocycles. The highest BCUT2D eigenvalue weighted by atomic mass is 16.3. The molecule has 0 aromatic heterocycles. The lowest BCUT2D eigenvalue weighted by Gasteiger charge is -2.22. The molecule has 2 nitrogen and oxygen atoms in total. The summed E-state index contributed by atoms with van der Waals surface area (Å²) in [5.41, 5.74) is 0. The quantitative estimate of drug-likeness (QED) is 0.753. The number of ketones is 1. The maximum atomic E-state index is 11.6. The van der Waals surface area contributed by atoms with E-state index in [1.54, 1.807) is 0 Å². The van der Waals surface area contributed by atoms with E-state index in [0.29, 0.717) is 12.3 Å². The predicted molar refractivity (Wildman–Crippen MR) is 57.0 cm³/mol. The van der Waals surface area contributed by atoms with Crippen LogP contribution in [0, 0.1) is 11.8 Å². The molecule has 1 N–H and O–H groups in total. The van der Waals surface area contributed by atoms with Gasteiger partial charge in [0.15, 0.2) is 5.78 Å². The summed E-state index contributed by atoms with van der Waals surface area (Å²) in [6.07, 6.45) is 6.05. The molecule has 1 aliphatic carbocycles. The highest BCUT2D eigenvalue weighted by molar-refractivity contribution is 5.83. The second-order valence-electron chi connectivity index (χ2n) is 4.86. The lowest BCUT2D eigenvalue weighted by Crippen LogP contribution is -2.28. The number of hydrogen-bond donors (Lipinski definition) is 1. The Morgan fingerprint density at radius 3 is 2.36 bits per heavy atom. The van der Waals surface area contributed by atoms with Gasteiger partial charge in [-0.05, 0) is 11.8 Å². The molecule has 82 valence electrons. The Morgan fingerprint density at radius 1 is 1.29 bits per heavy atom. The van der Waals surface area contributed by atoms with Gasteiger partial charge in [-0.2, -0.15) is 0 Å². The number of carbonyl (C=O) groups excluding carboxylic acids is 1. The van der Waals surface area contributed by atoms with Gasteiger partial charge in [-0.15, -0.1) is 0 Å². The van der Waals surface area contributed by atoms with Gasteiger partial charge in [0.25, 0.3) is 0 Å². The Balaban J connectivity index is 2.31. The third kappa shape index (κ3) is 3.41. The topological polar surface area (TPSA) is 37.3 Å².